The minimum atomic E-state index is -0.0221. The highest BCUT2D eigenvalue weighted by Crippen LogP contribution is 2.16. The Balaban J connectivity index is 0.00000480. The highest BCUT2D eigenvalue weighted by Gasteiger charge is 2.07. The van der Waals surface area contributed by atoms with E-state index in [2.05, 4.69) is 51.6 Å². The zero-order valence-corrected chi connectivity index (χ0v) is 22.3. The fourth-order valence-electron chi connectivity index (χ4n) is 2.73. The van der Waals surface area contributed by atoms with Crippen LogP contribution >= 0.6 is 35.3 Å². The zero-order chi connectivity index (χ0) is 21.9. The number of para-hydroxylation sites is 1. The molecule has 0 fully saturated rings. The maximum atomic E-state index is 11.9. The average Bonchev–Trinajstić information content (AvgIpc) is 3.06. The summed E-state index contributed by atoms with van der Waals surface area (Å²) in [5.41, 5.74) is 2.30. The number of hydrogen-bond acceptors (Lipinski definition) is 5. The largest absolute Gasteiger partial charge is 0.375 e. The van der Waals surface area contributed by atoms with E-state index in [0.717, 1.165) is 43.2 Å². The Bertz CT molecular complexity index is 805. The van der Waals surface area contributed by atoms with Crippen molar-refractivity contribution >= 4 is 52.9 Å². The third-order valence-electron chi connectivity index (χ3n) is 4.74. The highest BCUT2D eigenvalue weighted by molar-refractivity contribution is 14.0. The Morgan fingerprint density at radius 1 is 1.10 bits per heavy atom. The molecule has 172 valence electrons. The molecule has 0 saturated carbocycles. The Morgan fingerprint density at radius 3 is 2.39 bits per heavy atom. The number of aliphatic imine (C=N–C) groups is 1. The van der Waals surface area contributed by atoms with Crippen LogP contribution in [-0.4, -0.2) is 69.1 Å². The van der Waals surface area contributed by atoms with Gasteiger partial charge in [0.2, 0.25) is 5.91 Å². The second-order valence-corrected chi connectivity index (χ2v) is 8.70. The number of hydrogen-bond donors (Lipinski definition) is 2. The van der Waals surface area contributed by atoms with Crippen molar-refractivity contribution in [2.24, 2.45) is 4.99 Å². The van der Waals surface area contributed by atoms with E-state index in [1.54, 1.807) is 30.3 Å². The molecule has 0 aliphatic rings. The molecule has 2 N–H and O–H groups in total. The maximum absolute atomic E-state index is 11.9. The van der Waals surface area contributed by atoms with Gasteiger partial charge in [0.25, 0.3) is 0 Å². The molecule has 1 heterocycles. The number of nitrogens with zero attached hydrogens (tertiary/aromatic N) is 4. The van der Waals surface area contributed by atoms with Gasteiger partial charge in [-0.25, -0.2) is 9.98 Å². The summed E-state index contributed by atoms with van der Waals surface area (Å²) < 4.78 is 0. The Morgan fingerprint density at radius 2 is 1.77 bits per heavy atom. The minimum Gasteiger partial charge on any atom is -0.375 e. The molecule has 7 nitrogen and oxygen atoms in total. The van der Waals surface area contributed by atoms with Gasteiger partial charge < -0.3 is 20.4 Å². The SMILES string of the molecule is Cc1nc(CCNC(=NCC(=O)N(C)C)NCCCN(C)c2ccccc2)sc1C.I. The van der Waals surface area contributed by atoms with Crippen molar-refractivity contribution in [1.29, 1.82) is 0 Å². The smallest absolute Gasteiger partial charge is 0.243 e. The molecule has 1 amide bonds. The summed E-state index contributed by atoms with van der Waals surface area (Å²) in [4.78, 5) is 26.0. The first-order chi connectivity index (χ1) is 14.4. The van der Waals surface area contributed by atoms with Crippen molar-refractivity contribution in [2.45, 2.75) is 26.7 Å². The molecule has 1 aromatic heterocycles. The van der Waals surface area contributed by atoms with E-state index >= 15 is 0 Å². The number of benzene rings is 1. The first kappa shape index (κ1) is 27.2. The van der Waals surface area contributed by atoms with Crippen LogP contribution in [0.3, 0.4) is 0 Å². The third-order valence-corrected chi connectivity index (χ3v) is 5.87. The van der Waals surface area contributed by atoms with Gasteiger partial charge in [-0.15, -0.1) is 35.3 Å². The van der Waals surface area contributed by atoms with Crippen LogP contribution in [0.5, 0.6) is 0 Å². The van der Waals surface area contributed by atoms with Crippen molar-refractivity contribution in [3.63, 3.8) is 0 Å². The van der Waals surface area contributed by atoms with Gasteiger partial charge in [0.1, 0.15) is 6.54 Å². The molecule has 0 radical (unpaired) electrons. The lowest BCUT2D eigenvalue weighted by Crippen LogP contribution is -2.40. The van der Waals surface area contributed by atoms with Crippen LogP contribution in [0.2, 0.25) is 0 Å². The number of nitrogens with one attached hydrogen (secondary N) is 2. The van der Waals surface area contributed by atoms with Gasteiger partial charge in [-0.05, 0) is 32.4 Å². The van der Waals surface area contributed by atoms with Gasteiger partial charge >= 0.3 is 0 Å². The van der Waals surface area contributed by atoms with Crippen molar-refractivity contribution in [3.8, 4) is 0 Å². The number of carbonyl (C=O) groups is 1. The van der Waals surface area contributed by atoms with Gasteiger partial charge in [0, 0.05) is 57.8 Å². The molecule has 31 heavy (non-hydrogen) atoms. The standard InChI is InChI=1S/C22H34N6OS.HI/c1-17-18(2)30-20(26-17)12-14-24-22(25-16-21(29)27(3)4)23-13-9-15-28(5)19-10-7-6-8-11-19;/h6-8,10-11H,9,12-16H2,1-5H3,(H2,23,24,25);1H. The van der Waals surface area contributed by atoms with E-state index in [0.29, 0.717) is 5.96 Å². The predicted octanol–water partition coefficient (Wildman–Crippen LogP) is 3.07. The second-order valence-electron chi connectivity index (χ2n) is 7.42. The van der Waals surface area contributed by atoms with Crippen LogP contribution < -0.4 is 15.5 Å². The molecule has 0 bridgehead atoms. The molecule has 2 rings (SSSR count). The highest BCUT2D eigenvalue weighted by atomic mass is 127. The summed E-state index contributed by atoms with van der Waals surface area (Å²) in [7, 11) is 5.58. The summed E-state index contributed by atoms with van der Waals surface area (Å²) in [6.45, 7) is 6.68. The first-order valence-electron chi connectivity index (χ1n) is 10.3. The van der Waals surface area contributed by atoms with E-state index in [1.807, 2.05) is 25.1 Å². The lowest BCUT2D eigenvalue weighted by atomic mass is 10.3. The van der Waals surface area contributed by atoms with Crippen molar-refractivity contribution in [3.05, 3.63) is 45.9 Å². The Labute approximate surface area is 207 Å². The van der Waals surface area contributed by atoms with Crippen LogP contribution in [0.25, 0.3) is 0 Å². The maximum Gasteiger partial charge on any atom is 0.243 e. The molecular weight excluding hydrogens is 523 g/mol. The summed E-state index contributed by atoms with van der Waals surface area (Å²) in [5, 5.41) is 7.80. The number of likely N-dealkylation sites (N-methyl/N-ethyl adjacent to an activating group) is 1. The molecule has 0 aliphatic carbocycles. The Hall–Kier alpha value is -1.88. The van der Waals surface area contributed by atoms with Gasteiger partial charge in [0.05, 0.1) is 10.7 Å². The molecule has 9 heteroatoms. The van der Waals surface area contributed by atoms with Crippen molar-refractivity contribution in [2.75, 3.05) is 52.2 Å². The number of carbonyl (C=O) groups excluding carboxylic acids is 1. The van der Waals surface area contributed by atoms with E-state index in [4.69, 9.17) is 0 Å². The second kappa shape index (κ2) is 14.2. The summed E-state index contributed by atoms with van der Waals surface area (Å²) in [5.74, 6) is 0.642. The first-order valence-corrected chi connectivity index (χ1v) is 11.1. The van der Waals surface area contributed by atoms with E-state index in [1.165, 1.54) is 10.6 Å². The lowest BCUT2D eigenvalue weighted by molar-refractivity contribution is -0.127. The van der Waals surface area contributed by atoms with Gasteiger partial charge in [0.15, 0.2) is 5.96 Å². The van der Waals surface area contributed by atoms with Gasteiger partial charge in [-0.1, -0.05) is 18.2 Å². The van der Waals surface area contributed by atoms with E-state index in [9.17, 15) is 4.79 Å². The fourth-order valence-corrected chi connectivity index (χ4v) is 3.66. The number of amides is 1. The van der Waals surface area contributed by atoms with Gasteiger partial charge in [-0.2, -0.15) is 0 Å². The monoisotopic (exact) mass is 558 g/mol. The number of halogens is 1. The van der Waals surface area contributed by atoms with Crippen LogP contribution in [0.1, 0.15) is 22.0 Å². The minimum absolute atomic E-state index is 0. The average molecular weight is 559 g/mol. The fraction of sp³-hybridized carbons (Fsp3) is 0.500. The quantitative estimate of drug-likeness (QED) is 0.203. The number of anilines is 1. The number of thiazole rings is 1. The molecule has 0 atom stereocenters. The molecule has 0 aliphatic heterocycles. The number of aryl methyl sites for hydroxylation is 2. The summed E-state index contributed by atoms with van der Waals surface area (Å²) >= 11 is 1.73. The van der Waals surface area contributed by atoms with E-state index in [-0.39, 0.29) is 36.4 Å². The third kappa shape index (κ3) is 9.86. The molecule has 0 spiro atoms. The number of rotatable bonds is 10. The van der Waals surface area contributed by atoms with Crippen LogP contribution in [-0.2, 0) is 11.2 Å². The van der Waals surface area contributed by atoms with Crippen LogP contribution in [0, 0.1) is 13.8 Å². The number of aromatic nitrogens is 1. The van der Waals surface area contributed by atoms with Crippen LogP contribution in [0.15, 0.2) is 35.3 Å². The van der Waals surface area contributed by atoms with Gasteiger partial charge in [-0.3, -0.25) is 4.79 Å². The summed E-state index contributed by atoms with van der Waals surface area (Å²) in [6.07, 6.45) is 1.79. The van der Waals surface area contributed by atoms with Crippen molar-refractivity contribution in [1.82, 2.24) is 20.5 Å². The molecule has 1 aromatic carbocycles. The van der Waals surface area contributed by atoms with Crippen molar-refractivity contribution < 1.29 is 4.79 Å². The topological polar surface area (TPSA) is 72.9 Å². The lowest BCUT2D eigenvalue weighted by Gasteiger charge is -2.20. The zero-order valence-electron chi connectivity index (χ0n) is 19.1. The Kier molecular flexibility index (Phi) is 12.5. The summed E-state index contributed by atoms with van der Waals surface area (Å²) in [6, 6.07) is 10.3. The molecular formula is C22H35IN6OS. The molecule has 0 saturated heterocycles. The number of guanidine groups is 1. The molecule has 0 unspecified atom stereocenters. The normalized spacial score (nSPS) is 10.9. The van der Waals surface area contributed by atoms with Crippen LogP contribution in [0.4, 0.5) is 5.69 Å². The molecule has 2 aromatic rings. The predicted molar refractivity (Wildman–Crippen MR) is 142 cm³/mol. The van der Waals surface area contributed by atoms with E-state index < -0.39 is 0 Å².